The Kier molecular flexibility index (Phi) is 6.72. The van der Waals surface area contributed by atoms with Crippen molar-refractivity contribution in [1.29, 1.82) is 0 Å². The van der Waals surface area contributed by atoms with Gasteiger partial charge in [0, 0.05) is 43.4 Å². The van der Waals surface area contributed by atoms with E-state index in [2.05, 4.69) is 22.2 Å². The first-order valence-electron chi connectivity index (χ1n) is 9.10. The van der Waals surface area contributed by atoms with Gasteiger partial charge in [-0.1, -0.05) is 23.7 Å². The number of nitrogens with one attached hydrogen (secondary N) is 1. The third-order valence-electron chi connectivity index (χ3n) is 4.71. The molecule has 6 nitrogen and oxygen atoms in total. The van der Waals surface area contributed by atoms with Gasteiger partial charge in [0.15, 0.2) is 9.84 Å². The van der Waals surface area contributed by atoms with Crippen LogP contribution in [0.15, 0.2) is 53.4 Å². The lowest BCUT2D eigenvalue weighted by atomic mass is 10.1. The maximum atomic E-state index is 12.4. The number of benzene rings is 2. The highest BCUT2D eigenvalue weighted by atomic mass is 35.5. The number of piperazine rings is 1. The number of likely N-dealkylation sites (N-methyl/N-ethyl adjacent to an activating group) is 1. The second-order valence-electron chi connectivity index (χ2n) is 7.04. The van der Waals surface area contributed by atoms with E-state index in [1.807, 2.05) is 18.2 Å². The summed E-state index contributed by atoms with van der Waals surface area (Å²) in [6, 6.07) is 13.3. The number of carbonyl (C=O) groups excluding carboxylic acids is 1. The number of hydrogen-bond donors (Lipinski definition) is 1. The topological polar surface area (TPSA) is 69.7 Å². The van der Waals surface area contributed by atoms with Gasteiger partial charge in [-0.05, 0) is 49.0 Å². The van der Waals surface area contributed by atoms with E-state index in [0.29, 0.717) is 10.7 Å². The van der Waals surface area contributed by atoms with Crippen molar-refractivity contribution in [3.05, 3.63) is 59.1 Å². The van der Waals surface area contributed by atoms with Crippen LogP contribution in [-0.4, -0.2) is 63.1 Å². The molecule has 0 aromatic heterocycles. The van der Waals surface area contributed by atoms with Crippen molar-refractivity contribution in [2.45, 2.75) is 11.4 Å². The van der Waals surface area contributed by atoms with E-state index in [0.717, 1.165) is 38.3 Å². The second-order valence-corrected chi connectivity index (χ2v) is 9.47. The van der Waals surface area contributed by atoms with Crippen LogP contribution >= 0.6 is 11.6 Å². The molecule has 1 aliphatic heterocycles. The van der Waals surface area contributed by atoms with Gasteiger partial charge in [0.25, 0.3) is 0 Å². The van der Waals surface area contributed by atoms with E-state index in [9.17, 15) is 13.2 Å². The van der Waals surface area contributed by atoms with Gasteiger partial charge < -0.3 is 10.2 Å². The number of sulfone groups is 1. The minimum atomic E-state index is -3.72. The highest BCUT2D eigenvalue weighted by Crippen LogP contribution is 2.17. The Morgan fingerprint density at radius 1 is 1.07 bits per heavy atom. The van der Waals surface area contributed by atoms with Crippen LogP contribution in [0.25, 0.3) is 0 Å². The molecule has 2 aromatic rings. The van der Waals surface area contributed by atoms with Gasteiger partial charge in [0.05, 0.1) is 4.90 Å². The van der Waals surface area contributed by atoms with Gasteiger partial charge in [0.2, 0.25) is 5.91 Å². The molecule has 1 heterocycles. The number of amides is 1. The van der Waals surface area contributed by atoms with Crippen molar-refractivity contribution >= 4 is 33.0 Å². The summed E-state index contributed by atoms with van der Waals surface area (Å²) in [6.07, 6.45) is 0. The summed E-state index contributed by atoms with van der Waals surface area (Å²) in [6.45, 7) is 4.90. The SMILES string of the molecule is CN1CCN(Cc2cccc(NC(=O)CS(=O)(=O)c3ccc(Cl)cc3)c2)CC1. The minimum Gasteiger partial charge on any atom is -0.325 e. The van der Waals surface area contributed by atoms with Crippen LogP contribution in [0.4, 0.5) is 5.69 Å². The number of nitrogens with zero attached hydrogens (tertiary/aromatic N) is 2. The summed E-state index contributed by atoms with van der Waals surface area (Å²) >= 11 is 5.79. The zero-order chi connectivity index (χ0) is 20.1. The van der Waals surface area contributed by atoms with Crippen molar-refractivity contribution in [1.82, 2.24) is 9.80 Å². The van der Waals surface area contributed by atoms with Crippen molar-refractivity contribution in [2.24, 2.45) is 0 Å². The molecule has 1 fully saturated rings. The number of rotatable bonds is 6. The molecule has 1 N–H and O–H groups in total. The number of carbonyl (C=O) groups is 1. The van der Waals surface area contributed by atoms with Crippen LogP contribution in [0.1, 0.15) is 5.56 Å². The lowest BCUT2D eigenvalue weighted by Crippen LogP contribution is -2.43. The first kappa shape index (κ1) is 20.8. The molecule has 150 valence electrons. The van der Waals surface area contributed by atoms with Gasteiger partial charge in [-0.3, -0.25) is 9.69 Å². The fourth-order valence-corrected chi connectivity index (χ4v) is 4.37. The number of halogens is 1. The lowest BCUT2D eigenvalue weighted by Gasteiger charge is -2.32. The van der Waals surface area contributed by atoms with E-state index in [4.69, 9.17) is 11.6 Å². The van der Waals surface area contributed by atoms with Crippen LogP contribution in [0.5, 0.6) is 0 Å². The molecule has 0 radical (unpaired) electrons. The van der Waals surface area contributed by atoms with Crippen LogP contribution in [0, 0.1) is 0 Å². The average molecular weight is 422 g/mol. The van der Waals surface area contributed by atoms with E-state index >= 15 is 0 Å². The number of hydrogen-bond acceptors (Lipinski definition) is 5. The quantitative estimate of drug-likeness (QED) is 0.776. The molecular weight excluding hydrogens is 398 g/mol. The largest absolute Gasteiger partial charge is 0.325 e. The molecule has 0 saturated carbocycles. The monoisotopic (exact) mass is 421 g/mol. The first-order chi connectivity index (χ1) is 13.3. The highest BCUT2D eigenvalue weighted by molar-refractivity contribution is 7.92. The van der Waals surface area contributed by atoms with Crippen molar-refractivity contribution in [3.63, 3.8) is 0 Å². The van der Waals surface area contributed by atoms with Crippen molar-refractivity contribution < 1.29 is 13.2 Å². The molecule has 0 atom stereocenters. The zero-order valence-electron chi connectivity index (χ0n) is 15.8. The third kappa shape index (κ3) is 5.78. The molecule has 0 bridgehead atoms. The lowest BCUT2D eigenvalue weighted by molar-refractivity contribution is -0.113. The van der Waals surface area contributed by atoms with E-state index in [1.165, 1.54) is 24.3 Å². The molecule has 1 saturated heterocycles. The molecule has 0 aliphatic carbocycles. The Morgan fingerprint density at radius 3 is 2.43 bits per heavy atom. The third-order valence-corrected chi connectivity index (χ3v) is 6.59. The van der Waals surface area contributed by atoms with Crippen LogP contribution in [0.2, 0.25) is 5.02 Å². The molecule has 1 amide bonds. The smallest absolute Gasteiger partial charge is 0.239 e. The molecule has 28 heavy (non-hydrogen) atoms. The van der Waals surface area contributed by atoms with Crippen molar-refractivity contribution in [2.75, 3.05) is 44.3 Å². The minimum absolute atomic E-state index is 0.0795. The molecule has 8 heteroatoms. The predicted octanol–water partition coefficient (Wildman–Crippen LogP) is 2.50. The summed E-state index contributed by atoms with van der Waals surface area (Å²) < 4.78 is 24.8. The van der Waals surface area contributed by atoms with Gasteiger partial charge in [-0.15, -0.1) is 0 Å². The normalized spacial score (nSPS) is 16.1. The summed E-state index contributed by atoms with van der Waals surface area (Å²) in [5.74, 6) is -1.18. The van der Waals surface area contributed by atoms with Crippen LogP contribution in [0.3, 0.4) is 0 Å². The molecule has 0 unspecified atom stereocenters. The predicted molar refractivity (Wildman–Crippen MR) is 111 cm³/mol. The van der Waals surface area contributed by atoms with Gasteiger partial charge in [-0.25, -0.2) is 8.42 Å². The Morgan fingerprint density at radius 2 is 1.75 bits per heavy atom. The van der Waals surface area contributed by atoms with Crippen molar-refractivity contribution in [3.8, 4) is 0 Å². The van der Waals surface area contributed by atoms with Gasteiger partial charge in [0.1, 0.15) is 5.75 Å². The van der Waals surface area contributed by atoms with Gasteiger partial charge >= 0.3 is 0 Å². The molecular formula is C20H24ClN3O3S. The number of anilines is 1. The first-order valence-corrected chi connectivity index (χ1v) is 11.1. The molecule has 2 aromatic carbocycles. The van der Waals surface area contributed by atoms with Crippen LogP contribution < -0.4 is 5.32 Å². The Bertz CT molecular complexity index is 924. The van der Waals surface area contributed by atoms with E-state index in [1.54, 1.807) is 6.07 Å². The summed E-state index contributed by atoms with van der Waals surface area (Å²) in [5, 5.41) is 3.14. The van der Waals surface area contributed by atoms with Gasteiger partial charge in [-0.2, -0.15) is 0 Å². The fraction of sp³-hybridized carbons (Fsp3) is 0.350. The molecule has 1 aliphatic rings. The Hall–Kier alpha value is -1.93. The fourth-order valence-electron chi connectivity index (χ4n) is 3.11. The van der Waals surface area contributed by atoms with E-state index in [-0.39, 0.29) is 4.90 Å². The summed E-state index contributed by atoms with van der Waals surface area (Å²) in [5.41, 5.74) is 1.69. The Balaban J connectivity index is 1.60. The van der Waals surface area contributed by atoms with E-state index < -0.39 is 21.5 Å². The molecule has 3 rings (SSSR count). The Labute approximate surface area is 171 Å². The zero-order valence-corrected chi connectivity index (χ0v) is 17.3. The summed E-state index contributed by atoms with van der Waals surface area (Å²) in [4.78, 5) is 17.0. The van der Waals surface area contributed by atoms with Crippen LogP contribution in [-0.2, 0) is 21.2 Å². The summed E-state index contributed by atoms with van der Waals surface area (Å²) in [7, 11) is -1.60. The average Bonchev–Trinajstić information content (AvgIpc) is 2.64. The maximum absolute atomic E-state index is 12.4. The highest BCUT2D eigenvalue weighted by Gasteiger charge is 2.20. The standard InChI is InChI=1S/C20H24ClN3O3S/c1-23-9-11-24(12-10-23)14-16-3-2-4-18(13-16)22-20(25)15-28(26,27)19-7-5-17(21)6-8-19/h2-8,13H,9-12,14-15H2,1H3,(H,22,25). The maximum Gasteiger partial charge on any atom is 0.239 e. The molecule has 0 spiro atoms. The second kappa shape index (κ2) is 9.05.